The van der Waals surface area contributed by atoms with Crippen LogP contribution in [0, 0.1) is 0 Å². The molecule has 0 saturated carbocycles. The van der Waals surface area contributed by atoms with Gasteiger partial charge in [0.15, 0.2) is 0 Å². The van der Waals surface area contributed by atoms with Crippen LogP contribution in [-0.2, 0) is 10.0 Å². The number of rotatable bonds is 3. The number of benzene rings is 2. The van der Waals surface area contributed by atoms with Crippen molar-refractivity contribution < 1.29 is 13.5 Å². The number of para-hydroxylation sites is 2. The Hall–Kier alpha value is -2.54. The van der Waals surface area contributed by atoms with E-state index in [-0.39, 0.29) is 16.6 Å². The number of anilines is 1. The molecule has 0 saturated heterocycles. The number of phenols is 1. The number of fused-ring (bicyclic) bond motifs is 1. The maximum Gasteiger partial charge on any atom is 0.264 e. The molecule has 0 aliphatic carbocycles. The number of aromatic amines is 1. The van der Waals surface area contributed by atoms with Gasteiger partial charge in [0, 0.05) is 0 Å². The second kappa shape index (κ2) is 4.53. The average Bonchev–Trinajstić information content (AvgIpc) is 2.80. The molecular formula is C13H11N3O3S. The number of sulfonamides is 1. The van der Waals surface area contributed by atoms with Crippen LogP contribution in [0.5, 0.6) is 5.75 Å². The summed E-state index contributed by atoms with van der Waals surface area (Å²) in [4.78, 5) is 7.08. The highest BCUT2D eigenvalue weighted by molar-refractivity contribution is 7.92. The molecule has 0 aliphatic rings. The third-order valence-electron chi connectivity index (χ3n) is 2.77. The van der Waals surface area contributed by atoms with Gasteiger partial charge in [-0.15, -0.1) is 0 Å². The number of aromatic nitrogens is 2. The van der Waals surface area contributed by atoms with Gasteiger partial charge in [0.2, 0.25) is 5.95 Å². The zero-order valence-corrected chi connectivity index (χ0v) is 11.1. The smallest absolute Gasteiger partial charge is 0.264 e. The highest BCUT2D eigenvalue weighted by atomic mass is 32.2. The number of aromatic hydroxyl groups is 1. The van der Waals surface area contributed by atoms with Gasteiger partial charge in [-0.3, -0.25) is 0 Å². The third kappa shape index (κ3) is 2.30. The number of hydrogen-bond donors (Lipinski definition) is 3. The van der Waals surface area contributed by atoms with Gasteiger partial charge >= 0.3 is 0 Å². The zero-order chi connectivity index (χ0) is 14.2. The summed E-state index contributed by atoms with van der Waals surface area (Å²) in [6, 6.07) is 12.5. The van der Waals surface area contributed by atoms with Gasteiger partial charge in [-0.2, -0.15) is 0 Å². The molecule has 0 radical (unpaired) electrons. The molecule has 0 aliphatic heterocycles. The lowest BCUT2D eigenvalue weighted by atomic mass is 10.3. The van der Waals surface area contributed by atoms with Crippen LogP contribution in [0.2, 0.25) is 0 Å². The molecule has 3 N–H and O–H groups in total. The van der Waals surface area contributed by atoms with Crippen LogP contribution in [-0.4, -0.2) is 23.5 Å². The Balaban J connectivity index is 1.94. The summed E-state index contributed by atoms with van der Waals surface area (Å²) >= 11 is 0. The second-order valence-corrected chi connectivity index (χ2v) is 5.88. The van der Waals surface area contributed by atoms with E-state index in [9.17, 15) is 13.5 Å². The van der Waals surface area contributed by atoms with Crippen molar-refractivity contribution in [3.63, 3.8) is 0 Å². The summed E-state index contributed by atoms with van der Waals surface area (Å²) in [6.45, 7) is 0. The minimum Gasteiger partial charge on any atom is -0.508 e. The fraction of sp³-hybridized carbons (Fsp3) is 0. The predicted molar refractivity (Wildman–Crippen MR) is 75.0 cm³/mol. The molecule has 6 nitrogen and oxygen atoms in total. The topological polar surface area (TPSA) is 95.1 Å². The summed E-state index contributed by atoms with van der Waals surface area (Å²) in [5, 5.41) is 9.17. The second-order valence-electron chi connectivity index (χ2n) is 4.20. The Labute approximate surface area is 115 Å². The summed E-state index contributed by atoms with van der Waals surface area (Å²) in [7, 11) is -3.73. The lowest BCUT2D eigenvalue weighted by Crippen LogP contribution is -2.13. The molecule has 3 rings (SSSR count). The van der Waals surface area contributed by atoms with Gasteiger partial charge in [0.25, 0.3) is 10.0 Å². The predicted octanol–water partition coefficient (Wildman–Crippen LogP) is 2.07. The molecule has 3 aromatic rings. The summed E-state index contributed by atoms with van der Waals surface area (Å²) in [5.74, 6) is 0.159. The maximum absolute atomic E-state index is 12.1. The lowest BCUT2D eigenvalue weighted by molar-refractivity contribution is 0.475. The van der Waals surface area contributed by atoms with E-state index in [0.29, 0.717) is 5.52 Å². The molecule has 0 unspecified atom stereocenters. The normalized spacial score (nSPS) is 11.6. The molecule has 7 heteroatoms. The van der Waals surface area contributed by atoms with Gasteiger partial charge in [-0.05, 0) is 36.4 Å². The van der Waals surface area contributed by atoms with E-state index in [4.69, 9.17) is 0 Å². The van der Waals surface area contributed by atoms with E-state index in [1.807, 2.05) is 12.1 Å². The maximum atomic E-state index is 12.1. The van der Waals surface area contributed by atoms with Crippen molar-refractivity contribution in [2.75, 3.05) is 4.72 Å². The van der Waals surface area contributed by atoms with Gasteiger partial charge in [0.05, 0.1) is 15.9 Å². The van der Waals surface area contributed by atoms with E-state index >= 15 is 0 Å². The molecular weight excluding hydrogens is 278 g/mol. The largest absolute Gasteiger partial charge is 0.508 e. The molecule has 1 aromatic heterocycles. The minimum absolute atomic E-state index is 0.00712. The monoisotopic (exact) mass is 289 g/mol. The van der Waals surface area contributed by atoms with E-state index in [0.717, 1.165) is 5.52 Å². The Morgan fingerprint density at radius 2 is 1.75 bits per heavy atom. The SMILES string of the molecule is O=S(=O)(Nc1nc2ccccc2[nH]1)c1ccc(O)cc1. The highest BCUT2D eigenvalue weighted by Crippen LogP contribution is 2.19. The van der Waals surface area contributed by atoms with Crippen molar-refractivity contribution in [1.29, 1.82) is 0 Å². The molecule has 0 atom stereocenters. The van der Waals surface area contributed by atoms with E-state index in [2.05, 4.69) is 14.7 Å². The summed E-state index contributed by atoms with van der Waals surface area (Å²) < 4.78 is 26.6. The molecule has 0 amide bonds. The number of phenolic OH excluding ortho intramolecular Hbond substituents is 1. The van der Waals surface area contributed by atoms with Crippen LogP contribution in [0.4, 0.5) is 5.95 Å². The lowest BCUT2D eigenvalue weighted by Gasteiger charge is -2.04. The number of nitrogens with zero attached hydrogens (tertiary/aromatic N) is 1. The standard InChI is InChI=1S/C13H11N3O3S/c17-9-5-7-10(8-6-9)20(18,19)16-13-14-11-3-1-2-4-12(11)15-13/h1-8,17H,(H2,14,15,16). The summed E-state index contributed by atoms with van der Waals surface area (Å²) in [6.07, 6.45) is 0. The minimum atomic E-state index is -3.73. The van der Waals surface area contributed by atoms with Gasteiger partial charge in [-0.1, -0.05) is 12.1 Å². The van der Waals surface area contributed by atoms with Crippen molar-refractivity contribution in [3.8, 4) is 5.75 Å². The molecule has 1 heterocycles. The quantitative estimate of drug-likeness (QED) is 0.688. The first-order valence-corrected chi connectivity index (χ1v) is 7.29. The Morgan fingerprint density at radius 3 is 2.45 bits per heavy atom. The number of H-pyrrole nitrogens is 1. The molecule has 20 heavy (non-hydrogen) atoms. The van der Waals surface area contributed by atoms with Crippen molar-refractivity contribution >= 4 is 27.0 Å². The van der Waals surface area contributed by atoms with Crippen molar-refractivity contribution in [2.24, 2.45) is 0 Å². The van der Waals surface area contributed by atoms with Crippen LogP contribution >= 0.6 is 0 Å². The number of imidazole rings is 1. The number of hydrogen-bond acceptors (Lipinski definition) is 4. The third-order valence-corrected chi connectivity index (χ3v) is 4.12. The first-order chi connectivity index (χ1) is 9.54. The van der Waals surface area contributed by atoms with E-state index in [1.165, 1.54) is 24.3 Å². The van der Waals surface area contributed by atoms with Crippen LogP contribution < -0.4 is 4.72 Å². The molecule has 0 bridgehead atoms. The van der Waals surface area contributed by atoms with Crippen molar-refractivity contribution in [1.82, 2.24) is 9.97 Å². The Morgan fingerprint density at radius 1 is 1.05 bits per heavy atom. The Kier molecular flexibility index (Phi) is 2.83. The van der Waals surface area contributed by atoms with Gasteiger partial charge < -0.3 is 10.1 Å². The fourth-order valence-electron chi connectivity index (χ4n) is 1.81. The van der Waals surface area contributed by atoms with E-state index < -0.39 is 10.0 Å². The van der Waals surface area contributed by atoms with Crippen LogP contribution in [0.1, 0.15) is 0 Å². The zero-order valence-electron chi connectivity index (χ0n) is 10.2. The number of nitrogens with one attached hydrogen (secondary N) is 2. The summed E-state index contributed by atoms with van der Waals surface area (Å²) in [5.41, 5.74) is 1.42. The first kappa shape index (κ1) is 12.5. The molecule has 2 aromatic carbocycles. The highest BCUT2D eigenvalue weighted by Gasteiger charge is 2.16. The first-order valence-electron chi connectivity index (χ1n) is 5.81. The van der Waals surface area contributed by atoms with Crippen molar-refractivity contribution in [3.05, 3.63) is 48.5 Å². The van der Waals surface area contributed by atoms with Gasteiger partial charge in [-0.25, -0.2) is 18.1 Å². The molecule has 0 fully saturated rings. The molecule has 102 valence electrons. The van der Waals surface area contributed by atoms with Crippen LogP contribution in [0.3, 0.4) is 0 Å². The van der Waals surface area contributed by atoms with Crippen LogP contribution in [0.15, 0.2) is 53.4 Å². The van der Waals surface area contributed by atoms with Crippen LogP contribution in [0.25, 0.3) is 11.0 Å². The van der Waals surface area contributed by atoms with Crippen molar-refractivity contribution in [2.45, 2.75) is 4.90 Å². The van der Waals surface area contributed by atoms with E-state index in [1.54, 1.807) is 12.1 Å². The average molecular weight is 289 g/mol. The fourth-order valence-corrected chi connectivity index (χ4v) is 2.78. The Bertz CT molecular complexity index is 821. The van der Waals surface area contributed by atoms with Gasteiger partial charge in [0.1, 0.15) is 5.75 Å². The molecule has 0 spiro atoms.